The normalized spacial score (nSPS) is 9.75. The van der Waals surface area contributed by atoms with Crippen LogP contribution in [0, 0.1) is 13.8 Å². The number of anilines is 1. The molecule has 6 nitrogen and oxygen atoms in total. The molecule has 0 saturated heterocycles. The van der Waals surface area contributed by atoms with Crippen molar-refractivity contribution in [1.29, 1.82) is 0 Å². The smallest absolute Gasteiger partial charge is 0.238 e. The third-order valence-corrected chi connectivity index (χ3v) is 2.61. The average molecular weight is 277 g/mol. The number of carbonyl (C=O) groups is 3. The molecular formula is C14H19N3O3. The predicted molar refractivity (Wildman–Crippen MR) is 75.7 cm³/mol. The van der Waals surface area contributed by atoms with E-state index < -0.39 is 5.91 Å². The predicted octanol–water partition coefficient (Wildman–Crippen LogP) is 1.19. The molecular weight excluding hydrogens is 258 g/mol. The van der Waals surface area contributed by atoms with Gasteiger partial charge in [0.1, 0.15) is 0 Å². The lowest BCUT2D eigenvalue weighted by molar-refractivity contribution is -0.128. The lowest BCUT2D eigenvalue weighted by Crippen LogP contribution is -2.40. The summed E-state index contributed by atoms with van der Waals surface area (Å²) in [4.78, 5) is 33.6. The molecule has 0 aliphatic carbocycles. The van der Waals surface area contributed by atoms with Crippen LogP contribution < -0.4 is 16.2 Å². The van der Waals surface area contributed by atoms with Crippen molar-refractivity contribution in [3.05, 3.63) is 29.3 Å². The van der Waals surface area contributed by atoms with Crippen molar-refractivity contribution in [1.82, 2.24) is 10.9 Å². The zero-order valence-corrected chi connectivity index (χ0v) is 11.9. The number of benzene rings is 1. The maximum Gasteiger partial charge on any atom is 0.238 e. The summed E-state index contributed by atoms with van der Waals surface area (Å²) in [6.07, 6.45) is 0.0652. The van der Waals surface area contributed by atoms with E-state index in [1.54, 1.807) is 0 Å². The SMILES string of the molecule is CC(=O)NNC(=O)CCC(=O)Nc1ccc(C)cc1C. The molecule has 0 unspecified atom stereocenters. The molecule has 0 fully saturated rings. The van der Waals surface area contributed by atoms with Crippen LogP contribution in [0.3, 0.4) is 0 Å². The summed E-state index contributed by atoms with van der Waals surface area (Å²) in [5.74, 6) is -1.01. The third kappa shape index (κ3) is 5.51. The molecule has 0 radical (unpaired) electrons. The van der Waals surface area contributed by atoms with Crippen molar-refractivity contribution >= 4 is 23.4 Å². The van der Waals surface area contributed by atoms with E-state index in [0.29, 0.717) is 0 Å². The van der Waals surface area contributed by atoms with Crippen LogP contribution >= 0.6 is 0 Å². The highest BCUT2D eigenvalue weighted by Crippen LogP contribution is 2.16. The largest absolute Gasteiger partial charge is 0.326 e. The van der Waals surface area contributed by atoms with Gasteiger partial charge >= 0.3 is 0 Å². The number of rotatable bonds is 4. The fraction of sp³-hybridized carbons (Fsp3) is 0.357. The first-order valence-electron chi connectivity index (χ1n) is 6.31. The summed E-state index contributed by atoms with van der Waals surface area (Å²) in [5.41, 5.74) is 7.20. The fourth-order valence-electron chi connectivity index (χ4n) is 1.61. The molecule has 3 amide bonds. The summed E-state index contributed by atoms with van der Waals surface area (Å²) in [6, 6.07) is 5.71. The van der Waals surface area contributed by atoms with Gasteiger partial charge in [0.05, 0.1) is 0 Å². The number of nitrogens with one attached hydrogen (secondary N) is 3. The van der Waals surface area contributed by atoms with E-state index in [1.165, 1.54) is 6.92 Å². The number of hydrazine groups is 1. The summed E-state index contributed by atoms with van der Waals surface area (Å²) in [5, 5.41) is 2.75. The first kappa shape index (κ1) is 15.7. The zero-order chi connectivity index (χ0) is 15.1. The van der Waals surface area contributed by atoms with Crippen LogP contribution in [0.15, 0.2) is 18.2 Å². The van der Waals surface area contributed by atoms with Gasteiger partial charge < -0.3 is 5.32 Å². The van der Waals surface area contributed by atoms with E-state index >= 15 is 0 Å². The van der Waals surface area contributed by atoms with Crippen molar-refractivity contribution in [2.24, 2.45) is 0 Å². The Labute approximate surface area is 117 Å². The van der Waals surface area contributed by atoms with Crippen LogP contribution in [0.4, 0.5) is 5.69 Å². The Morgan fingerprint density at radius 1 is 1.00 bits per heavy atom. The number of amides is 3. The summed E-state index contributed by atoms with van der Waals surface area (Å²) in [6.45, 7) is 5.17. The summed E-state index contributed by atoms with van der Waals surface area (Å²) < 4.78 is 0. The number of hydrogen-bond donors (Lipinski definition) is 3. The summed E-state index contributed by atoms with van der Waals surface area (Å²) in [7, 11) is 0. The van der Waals surface area contributed by atoms with Crippen molar-refractivity contribution in [2.45, 2.75) is 33.6 Å². The Bertz CT molecular complexity index is 526. The molecule has 0 heterocycles. The molecule has 20 heavy (non-hydrogen) atoms. The van der Waals surface area contributed by atoms with Crippen LogP contribution in [-0.2, 0) is 14.4 Å². The molecule has 1 aromatic rings. The quantitative estimate of drug-likeness (QED) is 0.722. The Morgan fingerprint density at radius 2 is 1.65 bits per heavy atom. The molecule has 0 bridgehead atoms. The maximum atomic E-state index is 11.7. The van der Waals surface area contributed by atoms with Gasteiger partial charge in [-0.05, 0) is 25.5 Å². The Balaban J connectivity index is 2.40. The molecule has 0 spiro atoms. The second-order valence-electron chi connectivity index (χ2n) is 4.60. The van der Waals surface area contributed by atoms with Crippen LogP contribution in [0.1, 0.15) is 30.9 Å². The number of carbonyl (C=O) groups excluding carboxylic acids is 3. The lowest BCUT2D eigenvalue weighted by atomic mass is 10.1. The number of aryl methyl sites for hydroxylation is 2. The molecule has 3 N–H and O–H groups in total. The van der Waals surface area contributed by atoms with E-state index in [0.717, 1.165) is 16.8 Å². The molecule has 0 aliphatic heterocycles. The lowest BCUT2D eigenvalue weighted by Gasteiger charge is -2.09. The highest BCUT2D eigenvalue weighted by atomic mass is 16.2. The molecule has 1 aromatic carbocycles. The Morgan fingerprint density at radius 3 is 2.25 bits per heavy atom. The highest BCUT2D eigenvalue weighted by molar-refractivity contribution is 5.94. The molecule has 0 atom stereocenters. The second kappa shape index (κ2) is 7.28. The topological polar surface area (TPSA) is 87.3 Å². The average Bonchev–Trinajstić information content (AvgIpc) is 2.37. The van der Waals surface area contributed by atoms with Crippen molar-refractivity contribution < 1.29 is 14.4 Å². The highest BCUT2D eigenvalue weighted by Gasteiger charge is 2.08. The first-order valence-corrected chi connectivity index (χ1v) is 6.31. The Kier molecular flexibility index (Phi) is 5.71. The van der Waals surface area contributed by atoms with Gasteiger partial charge in [0, 0.05) is 25.5 Å². The van der Waals surface area contributed by atoms with Crippen LogP contribution in [0.5, 0.6) is 0 Å². The van der Waals surface area contributed by atoms with Gasteiger partial charge in [0.15, 0.2) is 0 Å². The minimum absolute atomic E-state index is 0.0109. The third-order valence-electron chi connectivity index (χ3n) is 2.61. The van der Waals surface area contributed by atoms with Crippen LogP contribution in [0.25, 0.3) is 0 Å². The molecule has 1 rings (SSSR count). The van der Waals surface area contributed by atoms with E-state index in [-0.39, 0.29) is 24.7 Å². The first-order chi connectivity index (χ1) is 9.38. The van der Waals surface area contributed by atoms with E-state index in [2.05, 4.69) is 16.2 Å². The summed E-state index contributed by atoms with van der Waals surface area (Å²) >= 11 is 0. The van der Waals surface area contributed by atoms with E-state index in [9.17, 15) is 14.4 Å². The number of hydrogen-bond acceptors (Lipinski definition) is 3. The fourth-order valence-corrected chi connectivity index (χ4v) is 1.61. The molecule has 108 valence electrons. The van der Waals surface area contributed by atoms with E-state index in [4.69, 9.17) is 0 Å². The van der Waals surface area contributed by atoms with Gasteiger partial charge in [0.25, 0.3) is 0 Å². The zero-order valence-electron chi connectivity index (χ0n) is 11.9. The van der Waals surface area contributed by atoms with Gasteiger partial charge in [-0.25, -0.2) is 0 Å². The van der Waals surface area contributed by atoms with Gasteiger partial charge in [-0.2, -0.15) is 0 Å². The molecule has 0 saturated carbocycles. The minimum Gasteiger partial charge on any atom is -0.326 e. The van der Waals surface area contributed by atoms with Crippen molar-refractivity contribution in [3.63, 3.8) is 0 Å². The molecule has 0 aliphatic rings. The van der Waals surface area contributed by atoms with Gasteiger partial charge in [-0.3, -0.25) is 25.2 Å². The minimum atomic E-state index is -0.407. The van der Waals surface area contributed by atoms with Gasteiger partial charge in [-0.15, -0.1) is 0 Å². The monoisotopic (exact) mass is 277 g/mol. The Hall–Kier alpha value is -2.37. The standard InChI is InChI=1S/C14H19N3O3/c1-9-4-5-12(10(2)8-9)15-13(19)6-7-14(20)17-16-11(3)18/h4-5,8H,6-7H2,1-3H3,(H,15,19)(H,16,18)(H,17,20). The maximum absolute atomic E-state index is 11.7. The molecule has 6 heteroatoms. The van der Waals surface area contributed by atoms with Crippen LogP contribution in [-0.4, -0.2) is 17.7 Å². The van der Waals surface area contributed by atoms with Gasteiger partial charge in [-0.1, -0.05) is 17.7 Å². The van der Waals surface area contributed by atoms with Gasteiger partial charge in [0.2, 0.25) is 17.7 Å². The molecule has 0 aromatic heterocycles. The van der Waals surface area contributed by atoms with Crippen molar-refractivity contribution in [2.75, 3.05) is 5.32 Å². The second-order valence-corrected chi connectivity index (χ2v) is 4.60. The van der Waals surface area contributed by atoms with Crippen LogP contribution in [0.2, 0.25) is 0 Å². The van der Waals surface area contributed by atoms with E-state index in [1.807, 2.05) is 32.0 Å². The van der Waals surface area contributed by atoms with Crippen molar-refractivity contribution in [3.8, 4) is 0 Å².